The number of carbonyl (C=O) groups is 2. The Labute approximate surface area is 162 Å². The van der Waals surface area contributed by atoms with Crippen molar-refractivity contribution < 1.29 is 28.5 Å². The van der Waals surface area contributed by atoms with Crippen LogP contribution in [0.15, 0.2) is 48.0 Å². The molecule has 144 valence electrons. The van der Waals surface area contributed by atoms with Crippen molar-refractivity contribution in [3.05, 3.63) is 59.2 Å². The maximum absolute atomic E-state index is 12.0. The van der Waals surface area contributed by atoms with E-state index in [9.17, 15) is 9.59 Å². The van der Waals surface area contributed by atoms with E-state index in [4.69, 9.17) is 19.5 Å². The third-order valence-corrected chi connectivity index (χ3v) is 3.63. The van der Waals surface area contributed by atoms with Gasteiger partial charge in [0.25, 0.3) is 0 Å². The van der Waals surface area contributed by atoms with E-state index in [1.807, 2.05) is 19.1 Å². The molecule has 0 amide bonds. The van der Waals surface area contributed by atoms with E-state index in [2.05, 4.69) is 4.74 Å². The summed E-state index contributed by atoms with van der Waals surface area (Å²) in [6.07, 6.45) is 1.35. The summed E-state index contributed by atoms with van der Waals surface area (Å²) in [5.74, 6) is -0.338. The normalized spacial score (nSPS) is 10.6. The highest BCUT2D eigenvalue weighted by Gasteiger charge is 2.13. The highest BCUT2D eigenvalue weighted by atomic mass is 16.6. The van der Waals surface area contributed by atoms with Crippen LogP contribution in [0.1, 0.15) is 11.1 Å². The van der Waals surface area contributed by atoms with Crippen molar-refractivity contribution >= 4 is 18.0 Å². The zero-order valence-corrected chi connectivity index (χ0v) is 15.7. The van der Waals surface area contributed by atoms with Crippen LogP contribution in [0.3, 0.4) is 0 Å². The second-order valence-electron chi connectivity index (χ2n) is 5.65. The van der Waals surface area contributed by atoms with Crippen molar-refractivity contribution in [2.75, 3.05) is 20.8 Å². The molecule has 28 heavy (non-hydrogen) atoms. The molecular weight excluding hydrogens is 362 g/mol. The van der Waals surface area contributed by atoms with Gasteiger partial charge in [0.05, 0.1) is 14.2 Å². The smallest absolute Gasteiger partial charge is 0.349 e. The molecule has 0 aliphatic carbocycles. The lowest BCUT2D eigenvalue weighted by Crippen LogP contribution is -2.18. The second kappa shape index (κ2) is 9.78. The van der Waals surface area contributed by atoms with E-state index in [1.165, 1.54) is 32.4 Å². The molecule has 0 N–H and O–H groups in total. The minimum atomic E-state index is -0.745. The first-order valence-corrected chi connectivity index (χ1v) is 8.25. The lowest BCUT2D eigenvalue weighted by Gasteiger charge is -2.11. The highest BCUT2D eigenvalue weighted by Crippen LogP contribution is 2.29. The Hall–Kier alpha value is -3.79. The lowest BCUT2D eigenvalue weighted by atomic mass is 10.1. The average Bonchev–Trinajstić information content (AvgIpc) is 2.71. The van der Waals surface area contributed by atoms with Gasteiger partial charge >= 0.3 is 11.9 Å². The minimum absolute atomic E-state index is 0.166. The number of nitriles is 1. The van der Waals surface area contributed by atoms with Gasteiger partial charge in [-0.1, -0.05) is 23.8 Å². The molecule has 0 saturated heterocycles. The molecule has 2 aromatic rings. The first-order valence-electron chi connectivity index (χ1n) is 8.25. The molecule has 0 spiro atoms. The zero-order valence-electron chi connectivity index (χ0n) is 15.7. The van der Waals surface area contributed by atoms with Crippen molar-refractivity contribution in [2.24, 2.45) is 0 Å². The first kappa shape index (κ1) is 20.5. The molecule has 2 rings (SSSR count). The second-order valence-corrected chi connectivity index (χ2v) is 5.65. The molecule has 0 atom stereocenters. The van der Waals surface area contributed by atoms with Crippen LogP contribution < -0.4 is 14.2 Å². The SMILES string of the molecule is COC(=O)/C(C#N)=C/c1ccc(OC(=O)COc2ccc(C)cc2)c(OC)c1. The Bertz CT molecular complexity index is 925. The number of esters is 2. The fraction of sp³-hybridized carbons (Fsp3) is 0.190. The average molecular weight is 381 g/mol. The Morgan fingerprint density at radius 3 is 2.39 bits per heavy atom. The molecule has 0 aromatic heterocycles. The molecule has 7 heteroatoms. The molecule has 7 nitrogen and oxygen atoms in total. The van der Waals surface area contributed by atoms with Gasteiger partial charge in [-0.05, 0) is 42.8 Å². The molecule has 0 heterocycles. The third-order valence-electron chi connectivity index (χ3n) is 3.63. The number of rotatable bonds is 7. The van der Waals surface area contributed by atoms with E-state index in [-0.39, 0.29) is 23.7 Å². The summed E-state index contributed by atoms with van der Waals surface area (Å²) in [6, 6.07) is 13.6. The molecule has 0 unspecified atom stereocenters. The molecule has 0 saturated carbocycles. The van der Waals surface area contributed by atoms with Crippen LogP contribution in [0.4, 0.5) is 0 Å². The predicted molar refractivity (Wildman–Crippen MR) is 101 cm³/mol. The summed E-state index contributed by atoms with van der Waals surface area (Å²) in [7, 11) is 2.60. The minimum Gasteiger partial charge on any atom is -0.493 e. The van der Waals surface area contributed by atoms with Crippen molar-refractivity contribution in [1.29, 1.82) is 5.26 Å². The van der Waals surface area contributed by atoms with E-state index in [1.54, 1.807) is 24.3 Å². The summed E-state index contributed by atoms with van der Waals surface area (Å²) < 4.78 is 20.4. The number of aryl methyl sites for hydroxylation is 1. The van der Waals surface area contributed by atoms with Crippen LogP contribution in [-0.4, -0.2) is 32.8 Å². The van der Waals surface area contributed by atoms with E-state index in [0.717, 1.165) is 5.56 Å². The molecule has 0 aliphatic heterocycles. The van der Waals surface area contributed by atoms with Gasteiger partial charge in [-0.2, -0.15) is 5.26 Å². The van der Waals surface area contributed by atoms with Gasteiger partial charge in [0.15, 0.2) is 18.1 Å². The first-order chi connectivity index (χ1) is 13.5. The monoisotopic (exact) mass is 381 g/mol. The fourth-order valence-electron chi connectivity index (χ4n) is 2.20. The van der Waals surface area contributed by atoms with Gasteiger partial charge in [0.1, 0.15) is 17.4 Å². The molecule has 2 aromatic carbocycles. The van der Waals surface area contributed by atoms with Gasteiger partial charge in [0, 0.05) is 0 Å². The maximum Gasteiger partial charge on any atom is 0.349 e. The van der Waals surface area contributed by atoms with Gasteiger partial charge in [-0.3, -0.25) is 0 Å². The van der Waals surface area contributed by atoms with Gasteiger partial charge < -0.3 is 18.9 Å². The molecular formula is C21H19NO6. The molecule has 0 aliphatic rings. The van der Waals surface area contributed by atoms with E-state index >= 15 is 0 Å². The van der Waals surface area contributed by atoms with Gasteiger partial charge in [0.2, 0.25) is 0 Å². The molecule has 0 bridgehead atoms. The quantitative estimate of drug-likeness (QED) is 0.315. The molecule has 0 radical (unpaired) electrons. The summed E-state index contributed by atoms with van der Waals surface area (Å²) in [6.45, 7) is 1.68. The van der Waals surface area contributed by atoms with Crippen LogP contribution in [-0.2, 0) is 14.3 Å². The summed E-state index contributed by atoms with van der Waals surface area (Å²) in [5.41, 5.74) is 1.43. The number of hydrogen-bond acceptors (Lipinski definition) is 7. The van der Waals surface area contributed by atoms with Crippen molar-refractivity contribution in [3.8, 4) is 23.3 Å². The van der Waals surface area contributed by atoms with Crippen molar-refractivity contribution in [1.82, 2.24) is 0 Å². The summed E-state index contributed by atoms with van der Waals surface area (Å²) in [4.78, 5) is 23.5. The zero-order chi connectivity index (χ0) is 20.5. The number of ether oxygens (including phenoxy) is 4. The summed E-state index contributed by atoms with van der Waals surface area (Å²) >= 11 is 0. The molecule has 0 fully saturated rings. The predicted octanol–water partition coefficient (Wildman–Crippen LogP) is 3.07. The Morgan fingerprint density at radius 2 is 1.79 bits per heavy atom. The number of hydrogen-bond donors (Lipinski definition) is 0. The van der Waals surface area contributed by atoms with Gasteiger partial charge in [-0.15, -0.1) is 0 Å². The van der Waals surface area contributed by atoms with E-state index < -0.39 is 11.9 Å². The fourth-order valence-corrected chi connectivity index (χ4v) is 2.20. The summed E-state index contributed by atoms with van der Waals surface area (Å²) in [5, 5.41) is 9.02. The number of nitrogens with zero attached hydrogens (tertiary/aromatic N) is 1. The number of carbonyl (C=O) groups excluding carboxylic acids is 2. The van der Waals surface area contributed by atoms with Crippen molar-refractivity contribution in [2.45, 2.75) is 6.92 Å². The maximum atomic E-state index is 12.0. The van der Waals surface area contributed by atoms with Crippen LogP contribution in [0, 0.1) is 18.3 Å². The Balaban J connectivity index is 2.08. The van der Waals surface area contributed by atoms with Gasteiger partial charge in [-0.25, -0.2) is 9.59 Å². The third kappa shape index (κ3) is 5.61. The standard InChI is InChI=1S/C21H19NO6/c1-14-4-7-17(8-5-14)27-13-20(23)28-18-9-6-15(11-19(18)25-2)10-16(12-22)21(24)26-3/h4-11H,13H2,1-3H3/b16-10+. The Morgan fingerprint density at radius 1 is 1.07 bits per heavy atom. The van der Waals surface area contributed by atoms with E-state index in [0.29, 0.717) is 11.3 Å². The number of benzene rings is 2. The largest absolute Gasteiger partial charge is 0.493 e. The van der Waals surface area contributed by atoms with Crippen molar-refractivity contribution in [3.63, 3.8) is 0 Å². The highest BCUT2D eigenvalue weighted by molar-refractivity contribution is 5.97. The topological polar surface area (TPSA) is 94.9 Å². The number of methoxy groups -OCH3 is 2. The van der Waals surface area contributed by atoms with Crippen LogP contribution in [0.25, 0.3) is 6.08 Å². The van der Waals surface area contributed by atoms with Crippen LogP contribution in [0.5, 0.6) is 17.2 Å². The Kier molecular flexibility index (Phi) is 7.17. The van der Waals surface area contributed by atoms with Crippen LogP contribution >= 0.6 is 0 Å². The lowest BCUT2D eigenvalue weighted by molar-refractivity contribution is -0.137. The van der Waals surface area contributed by atoms with Crippen LogP contribution in [0.2, 0.25) is 0 Å².